The lowest BCUT2D eigenvalue weighted by Gasteiger charge is -2.39. The van der Waals surface area contributed by atoms with Gasteiger partial charge >= 0.3 is 0 Å². The number of rotatable bonds is 8. The van der Waals surface area contributed by atoms with Gasteiger partial charge in [-0.15, -0.1) is 0 Å². The highest BCUT2D eigenvalue weighted by Crippen LogP contribution is 2.49. The molecule has 4 fully saturated rings. The third-order valence-electron chi connectivity index (χ3n) is 9.54. The minimum absolute atomic E-state index is 0.0813. The number of benzene rings is 1. The van der Waals surface area contributed by atoms with Crippen molar-refractivity contribution in [2.75, 3.05) is 58.3 Å². The number of likely N-dealkylation sites (tertiary alicyclic amines) is 1. The first kappa shape index (κ1) is 28.5. The van der Waals surface area contributed by atoms with Gasteiger partial charge in [-0.3, -0.25) is 23.9 Å². The van der Waals surface area contributed by atoms with E-state index in [1.807, 2.05) is 0 Å². The number of carbonyl (C=O) groups is 2. The topological polar surface area (TPSA) is 71.5 Å². The second-order valence-electron chi connectivity index (χ2n) is 11.8. The summed E-state index contributed by atoms with van der Waals surface area (Å²) in [6, 6.07) is 3.84. The lowest BCUT2D eigenvalue weighted by Crippen LogP contribution is -2.43. The van der Waals surface area contributed by atoms with E-state index in [9.17, 15) is 9.59 Å². The Bertz CT molecular complexity index is 1060. The summed E-state index contributed by atoms with van der Waals surface area (Å²) in [4.78, 5) is 33.4. The van der Waals surface area contributed by atoms with Gasteiger partial charge in [-0.25, -0.2) is 9.82 Å². The highest BCUT2D eigenvalue weighted by Gasteiger charge is 2.46. The maximum absolute atomic E-state index is 15.3. The van der Waals surface area contributed by atoms with Gasteiger partial charge in [0.05, 0.1) is 17.3 Å². The summed E-state index contributed by atoms with van der Waals surface area (Å²) in [5.41, 5.74) is 3.66. The summed E-state index contributed by atoms with van der Waals surface area (Å²) in [5.74, 6) is -0.872. The first-order valence-corrected chi connectivity index (χ1v) is 15.3. The van der Waals surface area contributed by atoms with Gasteiger partial charge in [0.2, 0.25) is 0 Å². The average molecular weight is 559 g/mol. The van der Waals surface area contributed by atoms with Crippen molar-refractivity contribution >= 4 is 36.5 Å². The predicted octanol–water partition coefficient (Wildman–Crippen LogP) is 3.87. The minimum Gasteiger partial charge on any atom is -0.369 e. The second-order valence-corrected chi connectivity index (χ2v) is 13.2. The van der Waals surface area contributed by atoms with E-state index >= 15 is 4.39 Å². The summed E-state index contributed by atoms with van der Waals surface area (Å²) >= 11 is 2.08. The number of nitrogens with zero attached hydrogens (tertiary/aromatic N) is 5. The van der Waals surface area contributed by atoms with Crippen molar-refractivity contribution < 1.29 is 14.0 Å². The van der Waals surface area contributed by atoms with Crippen LogP contribution < -0.4 is 10.3 Å². The van der Waals surface area contributed by atoms with Crippen LogP contribution in [0.15, 0.2) is 17.1 Å². The summed E-state index contributed by atoms with van der Waals surface area (Å²) in [7, 11) is 3.16. The monoisotopic (exact) mass is 558 g/mol. The summed E-state index contributed by atoms with van der Waals surface area (Å²) in [6.07, 6.45) is 9.99. The molecule has 1 aromatic rings. The largest absolute Gasteiger partial charge is 0.369 e. The van der Waals surface area contributed by atoms with E-state index in [1.165, 1.54) is 49.8 Å². The van der Waals surface area contributed by atoms with Crippen LogP contribution in [0.1, 0.15) is 72.1 Å². The van der Waals surface area contributed by atoms with Crippen molar-refractivity contribution in [2.45, 2.75) is 68.7 Å². The van der Waals surface area contributed by atoms with E-state index < -0.39 is 11.7 Å². The quantitative estimate of drug-likeness (QED) is 0.225. The molecule has 3 heterocycles. The first-order chi connectivity index (χ1) is 18.8. The van der Waals surface area contributed by atoms with Crippen molar-refractivity contribution in [1.29, 1.82) is 0 Å². The number of carbonyl (C=O) groups excluding carboxylic acids is 2. The fourth-order valence-electron chi connectivity index (χ4n) is 7.07. The van der Waals surface area contributed by atoms with E-state index in [1.54, 1.807) is 20.2 Å². The number of aliphatic imine (C=N–C) groups is 1. The number of piperidine rings is 2. The molecule has 8 nitrogen and oxygen atoms in total. The molecule has 1 aliphatic carbocycles. The van der Waals surface area contributed by atoms with Crippen LogP contribution in [-0.4, -0.2) is 104 Å². The van der Waals surface area contributed by atoms with Crippen LogP contribution in [-0.2, 0) is 0 Å². The molecule has 3 aliphatic heterocycles. The molecule has 0 radical (unpaired) electrons. The molecule has 39 heavy (non-hydrogen) atoms. The molecular formula is C29H43FN6O2S. The summed E-state index contributed by atoms with van der Waals surface area (Å²) in [6.45, 7) is 9.89. The van der Waals surface area contributed by atoms with Crippen LogP contribution in [0, 0.1) is 11.2 Å². The molecule has 1 spiro atoms. The van der Waals surface area contributed by atoms with E-state index in [4.69, 9.17) is 0 Å². The van der Waals surface area contributed by atoms with Gasteiger partial charge in [0.15, 0.2) is 6.29 Å². The van der Waals surface area contributed by atoms with E-state index in [0.29, 0.717) is 29.3 Å². The molecule has 5 rings (SSSR count). The van der Waals surface area contributed by atoms with E-state index in [-0.39, 0.29) is 16.5 Å². The number of hydrogen-bond acceptors (Lipinski definition) is 8. The number of hydrogen-bond donors (Lipinski definition) is 1. The van der Waals surface area contributed by atoms with Crippen LogP contribution in [0.4, 0.5) is 10.1 Å². The van der Waals surface area contributed by atoms with Crippen molar-refractivity contribution in [3.8, 4) is 0 Å². The molecule has 0 bridgehead atoms. The molecule has 214 valence electrons. The highest BCUT2D eigenvalue weighted by molar-refractivity contribution is 7.97. The van der Waals surface area contributed by atoms with Gasteiger partial charge in [0.1, 0.15) is 5.82 Å². The fourth-order valence-corrected chi connectivity index (χ4v) is 8.34. The molecule has 1 amide bonds. The smallest absolute Gasteiger partial charge is 0.268 e. The Hall–Kier alpha value is -2.01. The van der Waals surface area contributed by atoms with Gasteiger partial charge < -0.3 is 9.80 Å². The Morgan fingerprint density at radius 2 is 1.90 bits per heavy atom. The second kappa shape index (κ2) is 12.2. The number of amides is 1. The van der Waals surface area contributed by atoms with Crippen LogP contribution in [0.2, 0.25) is 0 Å². The number of aldehydes is 1. The standard InChI is InChI=1S/C29H43FN6O2S/c1-31-22-5-13-36(14-6-22)39-24-7-11-34(12-8-24)23-4-9-29(18-23)10-15-35(20-29)27-16-21(19-37)25(17-26(27)30)28(38)33(3)32-2/h16-17,19,22-24,32H,1,4-15,18,20H2,2-3H3. The van der Waals surface area contributed by atoms with Crippen LogP contribution >= 0.6 is 11.9 Å². The molecule has 2 unspecified atom stereocenters. The maximum atomic E-state index is 15.3. The van der Waals surface area contributed by atoms with E-state index in [0.717, 1.165) is 51.9 Å². The Kier molecular flexibility index (Phi) is 8.95. The number of hydrazine groups is 1. The highest BCUT2D eigenvalue weighted by atomic mass is 32.2. The summed E-state index contributed by atoms with van der Waals surface area (Å²) < 4.78 is 17.8. The zero-order chi connectivity index (χ0) is 27.6. The van der Waals surface area contributed by atoms with Gasteiger partial charge in [0.25, 0.3) is 5.91 Å². The molecule has 1 saturated carbocycles. The predicted molar refractivity (Wildman–Crippen MR) is 156 cm³/mol. The fraction of sp³-hybridized carbons (Fsp3) is 0.690. The Morgan fingerprint density at radius 3 is 2.56 bits per heavy atom. The van der Waals surface area contributed by atoms with E-state index in [2.05, 4.69) is 43.2 Å². The van der Waals surface area contributed by atoms with Gasteiger partial charge in [-0.2, -0.15) is 0 Å². The molecule has 4 aliphatic rings. The Balaban J connectivity index is 1.15. The number of nitrogens with one attached hydrogen (secondary N) is 1. The molecule has 2 atom stereocenters. The third kappa shape index (κ3) is 6.19. The van der Waals surface area contributed by atoms with Crippen molar-refractivity contribution in [2.24, 2.45) is 10.4 Å². The first-order valence-electron chi connectivity index (χ1n) is 14.5. The molecule has 0 aromatic heterocycles. The zero-order valence-electron chi connectivity index (χ0n) is 23.4. The zero-order valence-corrected chi connectivity index (χ0v) is 24.2. The normalized spacial score (nSPS) is 27.4. The number of halogens is 1. The molecule has 1 aromatic carbocycles. The maximum Gasteiger partial charge on any atom is 0.268 e. The lowest BCUT2D eigenvalue weighted by molar-refractivity contribution is 0.0732. The van der Waals surface area contributed by atoms with Crippen molar-refractivity contribution in [3.05, 3.63) is 29.1 Å². The van der Waals surface area contributed by atoms with Gasteiger partial charge in [-0.05, 0) is 88.7 Å². The van der Waals surface area contributed by atoms with Crippen LogP contribution in [0.5, 0.6) is 0 Å². The Labute approximate surface area is 236 Å². The Morgan fingerprint density at radius 1 is 1.15 bits per heavy atom. The van der Waals surface area contributed by atoms with Crippen LogP contribution in [0.25, 0.3) is 0 Å². The van der Waals surface area contributed by atoms with Gasteiger partial charge in [0, 0.05) is 57.1 Å². The average Bonchev–Trinajstić information content (AvgIpc) is 3.59. The molecule has 1 N–H and O–H groups in total. The summed E-state index contributed by atoms with van der Waals surface area (Å²) in [5, 5.41) is 1.96. The lowest BCUT2D eigenvalue weighted by atomic mass is 9.85. The molecule has 3 saturated heterocycles. The van der Waals surface area contributed by atoms with Gasteiger partial charge in [-0.1, -0.05) is 11.9 Å². The number of anilines is 1. The van der Waals surface area contributed by atoms with Crippen molar-refractivity contribution in [1.82, 2.24) is 19.6 Å². The minimum atomic E-state index is -0.440. The third-order valence-corrected chi connectivity index (χ3v) is 11.0. The van der Waals surface area contributed by atoms with Crippen LogP contribution in [0.3, 0.4) is 0 Å². The SMILES string of the molecule is C=NC1CCN(SC2CCN(C3CCC4(CCN(c5cc(C=O)c(C(=O)N(C)NC)cc5F)C4)C3)CC2)CC1. The van der Waals surface area contributed by atoms with Crippen molar-refractivity contribution in [3.63, 3.8) is 0 Å². The molecule has 10 heteroatoms. The molecular weight excluding hydrogens is 515 g/mol.